The van der Waals surface area contributed by atoms with E-state index in [2.05, 4.69) is 5.48 Å². The number of carbonyl (C=O) groups is 1. The highest BCUT2D eigenvalue weighted by atomic mass is 16.7. The average molecular weight is 253 g/mol. The summed E-state index contributed by atoms with van der Waals surface area (Å²) in [7, 11) is 0. The van der Waals surface area contributed by atoms with E-state index < -0.39 is 0 Å². The van der Waals surface area contributed by atoms with Crippen molar-refractivity contribution >= 4 is 5.91 Å². The van der Waals surface area contributed by atoms with E-state index in [1.54, 1.807) is 0 Å². The van der Waals surface area contributed by atoms with Crippen molar-refractivity contribution in [2.45, 2.75) is 83.2 Å². The molecule has 0 bridgehead atoms. The molecule has 0 aromatic heterocycles. The van der Waals surface area contributed by atoms with Crippen molar-refractivity contribution < 1.29 is 9.63 Å². The van der Waals surface area contributed by atoms with Gasteiger partial charge in [0.1, 0.15) is 0 Å². The lowest BCUT2D eigenvalue weighted by Crippen LogP contribution is -2.35. The van der Waals surface area contributed by atoms with E-state index in [4.69, 9.17) is 4.84 Å². The van der Waals surface area contributed by atoms with E-state index >= 15 is 0 Å². The maximum absolute atomic E-state index is 12.0. The Bertz CT molecular complexity index is 241. The third-order valence-corrected chi connectivity index (χ3v) is 4.35. The van der Waals surface area contributed by atoms with Crippen molar-refractivity contribution in [2.75, 3.05) is 0 Å². The fourth-order valence-electron chi connectivity index (χ4n) is 3.13. The van der Waals surface area contributed by atoms with Crippen LogP contribution in [0, 0.1) is 5.92 Å². The van der Waals surface area contributed by atoms with Gasteiger partial charge < -0.3 is 0 Å². The number of hydroxylamine groups is 1. The Labute approximate surface area is 111 Å². The van der Waals surface area contributed by atoms with Crippen LogP contribution in [0.1, 0.15) is 77.0 Å². The molecule has 1 amide bonds. The molecule has 2 aliphatic rings. The number of carbonyl (C=O) groups excluding carboxylic acids is 1. The summed E-state index contributed by atoms with van der Waals surface area (Å²) in [4.78, 5) is 17.6. The van der Waals surface area contributed by atoms with Crippen LogP contribution in [-0.4, -0.2) is 12.0 Å². The maximum Gasteiger partial charge on any atom is 0.246 e. The standard InChI is InChI=1S/C15H27NO2/c17-15(13-9-5-4-6-10-13)16-18-14-11-7-2-1-3-8-12-14/h13-14H,1-12H2,(H,16,17). The van der Waals surface area contributed by atoms with Crippen LogP contribution in [0.25, 0.3) is 0 Å². The van der Waals surface area contributed by atoms with Crippen molar-refractivity contribution in [3.05, 3.63) is 0 Å². The summed E-state index contributed by atoms with van der Waals surface area (Å²) < 4.78 is 0. The van der Waals surface area contributed by atoms with Crippen LogP contribution in [0.15, 0.2) is 0 Å². The van der Waals surface area contributed by atoms with Crippen molar-refractivity contribution in [3.63, 3.8) is 0 Å². The third kappa shape index (κ3) is 4.60. The zero-order valence-electron chi connectivity index (χ0n) is 11.5. The summed E-state index contributed by atoms with van der Waals surface area (Å²) in [5.74, 6) is 0.323. The van der Waals surface area contributed by atoms with Gasteiger partial charge in [-0.25, -0.2) is 5.48 Å². The second-order valence-electron chi connectivity index (χ2n) is 5.89. The predicted molar refractivity (Wildman–Crippen MR) is 71.9 cm³/mol. The third-order valence-electron chi connectivity index (χ3n) is 4.35. The van der Waals surface area contributed by atoms with Gasteiger partial charge in [0.05, 0.1) is 6.10 Å². The van der Waals surface area contributed by atoms with E-state index in [0.717, 1.165) is 25.7 Å². The molecular formula is C15H27NO2. The van der Waals surface area contributed by atoms with Crippen LogP contribution in [0.5, 0.6) is 0 Å². The number of nitrogens with one attached hydrogen (secondary N) is 1. The monoisotopic (exact) mass is 253 g/mol. The quantitative estimate of drug-likeness (QED) is 0.778. The van der Waals surface area contributed by atoms with Crippen LogP contribution in [-0.2, 0) is 9.63 Å². The number of hydrogen-bond acceptors (Lipinski definition) is 2. The van der Waals surface area contributed by atoms with Gasteiger partial charge in [0, 0.05) is 5.92 Å². The largest absolute Gasteiger partial charge is 0.273 e. The van der Waals surface area contributed by atoms with Gasteiger partial charge in [-0.1, -0.05) is 51.4 Å². The van der Waals surface area contributed by atoms with Gasteiger partial charge in [0.2, 0.25) is 5.91 Å². The zero-order chi connectivity index (χ0) is 12.6. The van der Waals surface area contributed by atoms with E-state index in [0.29, 0.717) is 0 Å². The van der Waals surface area contributed by atoms with Crippen molar-refractivity contribution in [3.8, 4) is 0 Å². The van der Waals surface area contributed by atoms with Gasteiger partial charge in [-0.15, -0.1) is 0 Å². The van der Waals surface area contributed by atoms with Gasteiger partial charge in [0.25, 0.3) is 0 Å². The fraction of sp³-hybridized carbons (Fsp3) is 0.933. The number of rotatable bonds is 3. The average Bonchev–Trinajstić information content (AvgIpc) is 2.38. The maximum atomic E-state index is 12.0. The minimum Gasteiger partial charge on any atom is -0.273 e. The van der Waals surface area contributed by atoms with Gasteiger partial charge in [-0.3, -0.25) is 9.63 Å². The minimum atomic E-state index is 0.122. The van der Waals surface area contributed by atoms with Crippen LogP contribution in [0.3, 0.4) is 0 Å². The molecule has 2 rings (SSSR count). The van der Waals surface area contributed by atoms with Crippen LogP contribution in [0.2, 0.25) is 0 Å². The normalized spacial score (nSPS) is 24.2. The molecule has 2 fully saturated rings. The van der Waals surface area contributed by atoms with Crippen LogP contribution in [0.4, 0.5) is 0 Å². The SMILES string of the molecule is O=C(NOC1CCCCCCC1)C1CCCCC1. The Kier molecular flexibility index (Phi) is 5.98. The van der Waals surface area contributed by atoms with E-state index in [1.807, 2.05) is 0 Å². The van der Waals surface area contributed by atoms with E-state index in [-0.39, 0.29) is 17.9 Å². The molecule has 104 valence electrons. The molecule has 0 aromatic carbocycles. The van der Waals surface area contributed by atoms with Gasteiger partial charge in [-0.2, -0.15) is 0 Å². The molecule has 1 N–H and O–H groups in total. The Morgan fingerprint density at radius 2 is 1.28 bits per heavy atom. The number of hydrogen-bond donors (Lipinski definition) is 1. The van der Waals surface area contributed by atoms with Gasteiger partial charge >= 0.3 is 0 Å². The topological polar surface area (TPSA) is 38.3 Å². The first-order valence-corrected chi connectivity index (χ1v) is 7.82. The summed E-state index contributed by atoms with van der Waals surface area (Å²) in [5, 5.41) is 0. The number of amides is 1. The Hall–Kier alpha value is -0.570. The molecule has 2 aliphatic carbocycles. The summed E-state index contributed by atoms with van der Waals surface area (Å²) in [6, 6.07) is 0. The molecule has 0 aromatic rings. The van der Waals surface area contributed by atoms with Crippen LogP contribution < -0.4 is 5.48 Å². The Balaban J connectivity index is 1.67. The molecule has 0 unspecified atom stereocenters. The highest BCUT2D eigenvalue weighted by Gasteiger charge is 2.22. The minimum absolute atomic E-state index is 0.122. The summed E-state index contributed by atoms with van der Waals surface area (Å²) in [6.45, 7) is 0. The molecule has 3 nitrogen and oxygen atoms in total. The first-order chi connectivity index (χ1) is 8.86. The van der Waals surface area contributed by atoms with E-state index in [1.165, 1.54) is 51.4 Å². The highest BCUT2D eigenvalue weighted by Crippen LogP contribution is 2.24. The summed E-state index contributed by atoms with van der Waals surface area (Å²) >= 11 is 0. The lowest BCUT2D eigenvalue weighted by atomic mass is 9.89. The summed E-state index contributed by atoms with van der Waals surface area (Å²) in [6.07, 6.45) is 14.7. The van der Waals surface area contributed by atoms with Crippen molar-refractivity contribution in [2.24, 2.45) is 5.92 Å². The van der Waals surface area contributed by atoms with Crippen molar-refractivity contribution in [1.29, 1.82) is 0 Å². The van der Waals surface area contributed by atoms with E-state index in [9.17, 15) is 4.79 Å². The zero-order valence-corrected chi connectivity index (χ0v) is 11.5. The molecule has 0 saturated heterocycles. The lowest BCUT2D eigenvalue weighted by Gasteiger charge is -2.23. The first kappa shape index (κ1) is 13.9. The smallest absolute Gasteiger partial charge is 0.246 e. The van der Waals surface area contributed by atoms with Gasteiger partial charge in [0.15, 0.2) is 0 Å². The second kappa shape index (κ2) is 7.78. The second-order valence-corrected chi connectivity index (χ2v) is 5.89. The summed E-state index contributed by atoms with van der Waals surface area (Å²) in [5.41, 5.74) is 2.73. The molecule has 0 atom stereocenters. The highest BCUT2D eigenvalue weighted by molar-refractivity contribution is 5.77. The molecule has 3 heteroatoms. The molecule has 2 saturated carbocycles. The predicted octanol–water partition coefficient (Wildman–Crippen LogP) is 3.73. The molecule has 0 aliphatic heterocycles. The first-order valence-electron chi connectivity index (χ1n) is 7.82. The molecule has 0 heterocycles. The van der Waals surface area contributed by atoms with Crippen LogP contribution >= 0.6 is 0 Å². The van der Waals surface area contributed by atoms with Crippen molar-refractivity contribution in [1.82, 2.24) is 5.48 Å². The lowest BCUT2D eigenvalue weighted by molar-refractivity contribution is -0.144. The Morgan fingerprint density at radius 3 is 1.94 bits per heavy atom. The molecule has 0 spiro atoms. The molecular weight excluding hydrogens is 226 g/mol. The van der Waals surface area contributed by atoms with Gasteiger partial charge in [-0.05, 0) is 25.7 Å². The molecule has 0 radical (unpaired) electrons. The Morgan fingerprint density at radius 1 is 0.778 bits per heavy atom. The molecule has 18 heavy (non-hydrogen) atoms. The fourth-order valence-corrected chi connectivity index (χ4v) is 3.13.